The highest BCUT2D eigenvalue weighted by Crippen LogP contribution is 2.31. The number of rotatable bonds is 7. The lowest BCUT2D eigenvalue weighted by molar-refractivity contribution is -0.142. The first-order valence-corrected chi connectivity index (χ1v) is 11.1. The molecule has 1 saturated heterocycles. The van der Waals surface area contributed by atoms with Crippen molar-refractivity contribution in [1.82, 2.24) is 19.9 Å². The fourth-order valence-electron chi connectivity index (χ4n) is 3.35. The molecule has 0 aliphatic carbocycles. The Morgan fingerprint density at radius 2 is 2.07 bits per heavy atom. The van der Waals surface area contributed by atoms with E-state index in [1.165, 1.54) is 11.0 Å². The molecule has 0 spiro atoms. The molecule has 2 heterocycles. The number of amides is 2. The predicted molar refractivity (Wildman–Crippen MR) is 118 cm³/mol. The van der Waals surface area contributed by atoms with Gasteiger partial charge in [-0.25, -0.2) is 0 Å². The van der Waals surface area contributed by atoms with Crippen LogP contribution >= 0.6 is 39.1 Å². The third-order valence-corrected chi connectivity index (χ3v) is 5.73. The molecule has 2 aromatic rings. The zero-order valence-corrected chi connectivity index (χ0v) is 19.2. The first-order chi connectivity index (χ1) is 14.4. The Labute approximate surface area is 193 Å². The van der Waals surface area contributed by atoms with Gasteiger partial charge in [0.25, 0.3) is 5.91 Å². The second-order valence-corrected chi connectivity index (χ2v) is 8.88. The Kier molecular flexibility index (Phi) is 7.91. The molecule has 0 radical (unpaired) electrons. The first kappa shape index (κ1) is 22.8. The van der Waals surface area contributed by atoms with Crippen LogP contribution in [0.25, 0.3) is 11.4 Å². The number of likely N-dealkylation sites (tertiary alicyclic amines) is 1. The van der Waals surface area contributed by atoms with Crippen LogP contribution in [0.5, 0.6) is 0 Å². The minimum Gasteiger partial charge on any atom is -0.337 e. The van der Waals surface area contributed by atoms with Gasteiger partial charge in [0.05, 0.1) is 0 Å². The molecular weight excluding hydrogens is 495 g/mol. The lowest BCUT2D eigenvalue weighted by Gasteiger charge is -2.35. The van der Waals surface area contributed by atoms with E-state index in [9.17, 15) is 9.59 Å². The van der Waals surface area contributed by atoms with E-state index in [1.54, 1.807) is 4.90 Å². The summed E-state index contributed by atoms with van der Waals surface area (Å²) >= 11 is 14.8. The van der Waals surface area contributed by atoms with Crippen LogP contribution in [-0.4, -0.2) is 56.2 Å². The standard InChI is InChI=1S/C20H21BrCl2N4O3/c1-2-10-26(20(29)17(22)23)12-16(28)27-11-4-3-5-15(27)19-24-18(25-30-19)13-6-8-14(21)9-7-13/h2,6-9,15,17H,1,3-5,10-12H2. The smallest absolute Gasteiger partial charge is 0.256 e. The molecule has 1 aliphatic rings. The number of hydrogen-bond donors (Lipinski definition) is 0. The molecule has 1 atom stereocenters. The van der Waals surface area contributed by atoms with Crippen molar-refractivity contribution in [2.45, 2.75) is 30.1 Å². The maximum atomic E-state index is 13.0. The Hall–Kier alpha value is -1.90. The topological polar surface area (TPSA) is 79.5 Å². The molecule has 0 saturated carbocycles. The summed E-state index contributed by atoms with van der Waals surface area (Å²) in [5.41, 5.74) is 0.819. The number of carbonyl (C=O) groups excluding carboxylic acids is 2. The molecular formula is C20H21BrCl2N4O3. The van der Waals surface area contributed by atoms with E-state index >= 15 is 0 Å². The fourth-order valence-corrected chi connectivity index (χ4v) is 3.89. The van der Waals surface area contributed by atoms with E-state index in [2.05, 4.69) is 32.6 Å². The van der Waals surface area contributed by atoms with Crippen molar-refractivity contribution in [3.05, 3.63) is 47.3 Å². The van der Waals surface area contributed by atoms with E-state index in [0.717, 1.165) is 22.9 Å². The van der Waals surface area contributed by atoms with E-state index in [4.69, 9.17) is 27.7 Å². The average molecular weight is 516 g/mol. The van der Waals surface area contributed by atoms with Gasteiger partial charge < -0.3 is 14.3 Å². The largest absolute Gasteiger partial charge is 0.337 e. The molecule has 1 aliphatic heterocycles. The molecule has 0 N–H and O–H groups in total. The molecule has 1 aromatic carbocycles. The molecule has 7 nitrogen and oxygen atoms in total. The highest BCUT2D eigenvalue weighted by atomic mass is 79.9. The summed E-state index contributed by atoms with van der Waals surface area (Å²) in [6.07, 6.45) is 4.03. The molecule has 160 valence electrons. The number of carbonyl (C=O) groups is 2. The number of hydrogen-bond acceptors (Lipinski definition) is 5. The summed E-state index contributed by atoms with van der Waals surface area (Å²) in [6, 6.07) is 7.22. The van der Waals surface area contributed by atoms with Crippen molar-refractivity contribution in [2.75, 3.05) is 19.6 Å². The van der Waals surface area contributed by atoms with Gasteiger partial charge in [-0.05, 0) is 43.5 Å². The molecule has 1 unspecified atom stereocenters. The number of alkyl halides is 2. The summed E-state index contributed by atoms with van der Waals surface area (Å²) in [6.45, 7) is 4.19. The van der Waals surface area contributed by atoms with E-state index in [1.807, 2.05) is 24.3 Å². The summed E-state index contributed by atoms with van der Waals surface area (Å²) in [5.74, 6) is 0.0870. The van der Waals surface area contributed by atoms with Crippen molar-refractivity contribution in [3.63, 3.8) is 0 Å². The zero-order valence-electron chi connectivity index (χ0n) is 16.1. The second-order valence-electron chi connectivity index (χ2n) is 6.87. The number of nitrogens with zero attached hydrogens (tertiary/aromatic N) is 4. The van der Waals surface area contributed by atoms with Crippen LogP contribution in [0.2, 0.25) is 0 Å². The van der Waals surface area contributed by atoms with Gasteiger partial charge in [-0.3, -0.25) is 9.59 Å². The fraction of sp³-hybridized carbons (Fsp3) is 0.400. The Morgan fingerprint density at radius 3 is 2.73 bits per heavy atom. The lowest BCUT2D eigenvalue weighted by atomic mass is 10.0. The third-order valence-electron chi connectivity index (χ3n) is 4.83. The minimum atomic E-state index is -1.24. The molecule has 30 heavy (non-hydrogen) atoms. The number of halogens is 3. The molecule has 1 fully saturated rings. The summed E-state index contributed by atoms with van der Waals surface area (Å²) < 4.78 is 6.45. The first-order valence-electron chi connectivity index (χ1n) is 9.47. The molecule has 3 rings (SSSR count). The number of benzene rings is 1. The Morgan fingerprint density at radius 1 is 1.33 bits per heavy atom. The summed E-state index contributed by atoms with van der Waals surface area (Å²) in [5, 5.41) is 4.07. The van der Waals surface area contributed by atoms with Gasteiger partial charge in [-0.2, -0.15) is 4.98 Å². The minimum absolute atomic E-state index is 0.148. The molecule has 2 amide bonds. The van der Waals surface area contributed by atoms with E-state index in [0.29, 0.717) is 24.7 Å². The third kappa shape index (κ3) is 5.42. The second kappa shape index (κ2) is 10.4. The van der Waals surface area contributed by atoms with Gasteiger partial charge in [-0.15, -0.1) is 6.58 Å². The van der Waals surface area contributed by atoms with Crippen LogP contribution in [0.4, 0.5) is 0 Å². The van der Waals surface area contributed by atoms with Gasteiger partial charge in [0, 0.05) is 23.1 Å². The van der Waals surface area contributed by atoms with Crippen molar-refractivity contribution in [1.29, 1.82) is 0 Å². The van der Waals surface area contributed by atoms with Crippen LogP contribution < -0.4 is 0 Å². The Bertz CT molecular complexity index is 904. The highest BCUT2D eigenvalue weighted by Gasteiger charge is 2.34. The van der Waals surface area contributed by atoms with Crippen molar-refractivity contribution in [3.8, 4) is 11.4 Å². The van der Waals surface area contributed by atoms with Crippen molar-refractivity contribution < 1.29 is 14.1 Å². The SMILES string of the molecule is C=CCN(CC(=O)N1CCCCC1c1nc(-c2ccc(Br)cc2)no1)C(=O)C(Cl)Cl. The van der Waals surface area contributed by atoms with Crippen LogP contribution in [-0.2, 0) is 9.59 Å². The normalized spacial score (nSPS) is 16.5. The number of piperidine rings is 1. The van der Waals surface area contributed by atoms with Crippen molar-refractivity contribution in [2.24, 2.45) is 0 Å². The summed E-state index contributed by atoms with van der Waals surface area (Å²) in [4.78, 5) is 31.5. The van der Waals surface area contributed by atoms with Gasteiger partial charge in [-0.1, -0.05) is 50.4 Å². The highest BCUT2D eigenvalue weighted by molar-refractivity contribution is 9.10. The van der Waals surface area contributed by atoms with Crippen LogP contribution in [0, 0.1) is 0 Å². The molecule has 0 bridgehead atoms. The molecule has 1 aromatic heterocycles. The Balaban J connectivity index is 1.77. The average Bonchev–Trinajstić information content (AvgIpc) is 3.23. The van der Waals surface area contributed by atoms with Crippen LogP contribution in [0.15, 0.2) is 45.9 Å². The summed E-state index contributed by atoms with van der Waals surface area (Å²) in [7, 11) is 0. The number of aromatic nitrogens is 2. The van der Waals surface area contributed by atoms with E-state index < -0.39 is 10.7 Å². The van der Waals surface area contributed by atoms with Gasteiger partial charge in [0.1, 0.15) is 12.6 Å². The lowest BCUT2D eigenvalue weighted by Crippen LogP contribution is -2.47. The van der Waals surface area contributed by atoms with Gasteiger partial charge >= 0.3 is 0 Å². The van der Waals surface area contributed by atoms with E-state index in [-0.39, 0.29) is 25.0 Å². The quantitative estimate of drug-likeness (QED) is 0.404. The predicted octanol–water partition coefficient (Wildman–Crippen LogP) is 4.37. The van der Waals surface area contributed by atoms with Crippen molar-refractivity contribution >= 4 is 50.9 Å². The molecule has 10 heteroatoms. The maximum Gasteiger partial charge on any atom is 0.256 e. The monoisotopic (exact) mass is 514 g/mol. The maximum absolute atomic E-state index is 13.0. The van der Waals surface area contributed by atoms with Gasteiger partial charge in [0.2, 0.25) is 17.6 Å². The van der Waals surface area contributed by atoms with Crippen LogP contribution in [0.1, 0.15) is 31.2 Å². The van der Waals surface area contributed by atoms with Gasteiger partial charge in [0.15, 0.2) is 4.84 Å². The zero-order chi connectivity index (χ0) is 21.7. The van der Waals surface area contributed by atoms with Crippen LogP contribution in [0.3, 0.4) is 0 Å².